The van der Waals surface area contributed by atoms with Gasteiger partial charge >= 0.3 is 0 Å². The molecular weight excluding hydrogens is 258 g/mol. The van der Waals surface area contributed by atoms with Crippen LogP contribution in [0.5, 0.6) is 5.75 Å². The van der Waals surface area contributed by atoms with Crippen molar-refractivity contribution >= 4 is 0 Å². The smallest absolute Gasteiger partial charge is 0.229 e. The largest absolute Gasteiger partial charge is 0.496 e. The summed E-state index contributed by atoms with van der Waals surface area (Å²) in [5.41, 5.74) is 1.79. The van der Waals surface area contributed by atoms with Crippen molar-refractivity contribution < 1.29 is 14.4 Å². The second-order valence-corrected chi connectivity index (χ2v) is 4.44. The van der Waals surface area contributed by atoms with E-state index < -0.39 is 6.10 Å². The van der Waals surface area contributed by atoms with Gasteiger partial charge in [-0.1, -0.05) is 11.2 Å². The number of rotatable bonds is 5. The van der Waals surface area contributed by atoms with Gasteiger partial charge in [-0.25, -0.2) is 0 Å². The molecule has 0 spiro atoms. The number of nitrogens with zero attached hydrogens (tertiary/aromatic N) is 3. The van der Waals surface area contributed by atoms with Gasteiger partial charge in [0.25, 0.3) is 0 Å². The molecule has 2 rings (SSSR count). The summed E-state index contributed by atoms with van der Waals surface area (Å²) in [7, 11) is 1.58. The molecule has 0 aliphatic carbocycles. The van der Waals surface area contributed by atoms with E-state index in [1.165, 1.54) is 0 Å². The van der Waals surface area contributed by atoms with Crippen LogP contribution in [-0.2, 0) is 6.42 Å². The summed E-state index contributed by atoms with van der Waals surface area (Å²) in [6.45, 7) is 1.96. The third kappa shape index (κ3) is 3.13. The van der Waals surface area contributed by atoms with Gasteiger partial charge in [0.1, 0.15) is 5.75 Å². The van der Waals surface area contributed by atoms with Crippen molar-refractivity contribution in [3.8, 4) is 23.2 Å². The molecule has 0 radical (unpaired) electrons. The molecule has 0 amide bonds. The number of nitriles is 1. The Morgan fingerprint density at radius 2 is 2.30 bits per heavy atom. The van der Waals surface area contributed by atoms with Gasteiger partial charge in [0, 0.05) is 0 Å². The van der Waals surface area contributed by atoms with Crippen molar-refractivity contribution in [2.45, 2.75) is 25.9 Å². The zero-order valence-electron chi connectivity index (χ0n) is 11.3. The number of hydrogen-bond donors (Lipinski definition) is 1. The molecule has 0 saturated carbocycles. The Balaban J connectivity index is 2.23. The molecule has 1 heterocycles. The van der Waals surface area contributed by atoms with Crippen LogP contribution in [0.2, 0.25) is 0 Å². The molecule has 1 N–H and O–H groups in total. The summed E-state index contributed by atoms with van der Waals surface area (Å²) >= 11 is 0. The zero-order chi connectivity index (χ0) is 14.5. The highest BCUT2D eigenvalue weighted by molar-refractivity contribution is 5.64. The lowest BCUT2D eigenvalue weighted by atomic mass is 10.1. The standard InChI is InChI=1S/C14H15N3O3/c1-9-3-4-11(12(7-9)19-2)14-16-13(20-17-14)8-10(18)5-6-15/h3-4,7,10,18H,5,8H2,1-2H3. The van der Waals surface area contributed by atoms with E-state index in [1.54, 1.807) is 7.11 Å². The third-order valence-corrected chi connectivity index (χ3v) is 2.80. The van der Waals surface area contributed by atoms with Crippen LogP contribution in [0.4, 0.5) is 0 Å². The highest BCUT2D eigenvalue weighted by Gasteiger charge is 2.15. The summed E-state index contributed by atoms with van der Waals surface area (Å²) in [6.07, 6.45) is -0.603. The number of hydrogen-bond acceptors (Lipinski definition) is 6. The number of aromatic nitrogens is 2. The molecule has 1 aromatic carbocycles. The van der Waals surface area contributed by atoms with E-state index in [0.717, 1.165) is 11.1 Å². The van der Waals surface area contributed by atoms with Gasteiger partial charge in [0.15, 0.2) is 0 Å². The van der Waals surface area contributed by atoms with Crippen molar-refractivity contribution in [2.24, 2.45) is 0 Å². The molecule has 0 bridgehead atoms. The zero-order valence-corrected chi connectivity index (χ0v) is 11.3. The SMILES string of the molecule is COc1cc(C)ccc1-c1noc(CC(O)CC#N)n1. The quantitative estimate of drug-likeness (QED) is 0.894. The number of methoxy groups -OCH3 is 1. The minimum Gasteiger partial charge on any atom is -0.496 e. The highest BCUT2D eigenvalue weighted by atomic mass is 16.5. The summed E-state index contributed by atoms with van der Waals surface area (Å²) in [5.74, 6) is 1.36. The lowest BCUT2D eigenvalue weighted by Gasteiger charge is -2.05. The first kappa shape index (κ1) is 14.0. The predicted molar refractivity (Wildman–Crippen MR) is 71.0 cm³/mol. The Hall–Kier alpha value is -2.39. The molecule has 0 saturated heterocycles. The summed E-state index contributed by atoms with van der Waals surface area (Å²) in [6, 6.07) is 7.56. The summed E-state index contributed by atoms with van der Waals surface area (Å²) < 4.78 is 10.4. The minimum absolute atomic E-state index is 0.0333. The van der Waals surface area contributed by atoms with Gasteiger partial charge in [-0.2, -0.15) is 10.2 Å². The van der Waals surface area contributed by atoms with Gasteiger partial charge in [-0.05, 0) is 24.6 Å². The first-order valence-electron chi connectivity index (χ1n) is 6.16. The van der Waals surface area contributed by atoms with Crippen molar-refractivity contribution in [1.29, 1.82) is 5.26 Å². The normalized spacial score (nSPS) is 11.9. The number of ether oxygens (including phenoxy) is 1. The molecule has 6 nitrogen and oxygen atoms in total. The van der Waals surface area contributed by atoms with Crippen LogP contribution in [-0.4, -0.2) is 28.5 Å². The van der Waals surface area contributed by atoms with Crippen LogP contribution in [0, 0.1) is 18.3 Å². The fourth-order valence-electron chi connectivity index (χ4n) is 1.81. The fourth-order valence-corrected chi connectivity index (χ4v) is 1.81. The Labute approximate surface area is 116 Å². The van der Waals surface area contributed by atoms with E-state index in [4.69, 9.17) is 14.5 Å². The van der Waals surface area contributed by atoms with Gasteiger partial charge in [-0.15, -0.1) is 0 Å². The Bertz CT molecular complexity index is 631. The third-order valence-electron chi connectivity index (χ3n) is 2.80. The van der Waals surface area contributed by atoms with Gasteiger partial charge < -0.3 is 14.4 Å². The highest BCUT2D eigenvalue weighted by Crippen LogP contribution is 2.28. The van der Waals surface area contributed by atoms with E-state index >= 15 is 0 Å². The average molecular weight is 273 g/mol. The number of aryl methyl sites for hydroxylation is 1. The molecule has 6 heteroatoms. The Morgan fingerprint density at radius 1 is 1.50 bits per heavy atom. The van der Waals surface area contributed by atoms with Crippen LogP contribution >= 0.6 is 0 Å². The molecule has 0 aliphatic rings. The van der Waals surface area contributed by atoms with Crippen LogP contribution in [0.3, 0.4) is 0 Å². The maximum atomic E-state index is 9.54. The van der Waals surface area contributed by atoms with E-state index in [2.05, 4.69) is 10.1 Å². The molecule has 20 heavy (non-hydrogen) atoms. The van der Waals surface area contributed by atoms with Crippen LogP contribution in [0.1, 0.15) is 17.9 Å². The molecular formula is C14H15N3O3. The molecule has 2 aromatic rings. The molecule has 1 aromatic heterocycles. The fraction of sp³-hybridized carbons (Fsp3) is 0.357. The van der Waals surface area contributed by atoms with E-state index in [9.17, 15) is 5.11 Å². The van der Waals surface area contributed by atoms with Gasteiger partial charge in [0.2, 0.25) is 11.7 Å². The summed E-state index contributed by atoms with van der Waals surface area (Å²) in [4.78, 5) is 4.21. The van der Waals surface area contributed by atoms with Crippen LogP contribution < -0.4 is 4.74 Å². The van der Waals surface area contributed by atoms with Crippen molar-refractivity contribution in [3.63, 3.8) is 0 Å². The first-order chi connectivity index (χ1) is 9.63. The molecule has 1 atom stereocenters. The summed E-state index contributed by atoms with van der Waals surface area (Å²) in [5, 5.41) is 21.9. The topological polar surface area (TPSA) is 92.2 Å². The number of aliphatic hydroxyl groups excluding tert-OH is 1. The second-order valence-electron chi connectivity index (χ2n) is 4.44. The Kier molecular flexibility index (Phi) is 4.33. The van der Waals surface area contributed by atoms with E-state index in [-0.39, 0.29) is 12.8 Å². The molecule has 1 unspecified atom stereocenters. The first-order valence-corrected chi connectivity index (χ1v) is 6.16. The van der Waals surface area contributed by atoms with Crippen LogP contribution in [0.25, 0.3) is 11.4 Å². The van der Waals surface area contributed by atoms with Crippen molar-refractivity contribution in [1.82, 2.24) is 10.1 Å². The van der Waals surface area contributed by atoms with Crippen LogP contribution in [0.15, 0.2) is 22.7 Å². The van der Waals surface area contributed by atoms with Crippen molar-refractivity contribution in [2.75, 3.05) is 7.11 Å². The van der Waals surface area contributed by atoms with E-state index in [1.807, 2.05) is 31.2 Å². The number of benzene rings is 1. The van der Waals surface area contributed by atoms with Gasteiger partial charge in [0.05, 0.1) is 37.7 Å². The molecule has 104 valence electrons. The molecule has 0 aliphatic heterocycles. The lowest BCUT2D eigenvalue weighted by molar-refractivity contribution is 0.167. The maximum absolute atomic E-state index is 9.54. The number of aliphatic hydroxyl groups is 1. The average Bonchev–Trinajstić information content (AvgIpc) is 2.87. The predicted octanol–water partition coefficient (Wildman–Crippen LogP) is 1.87. The monoisotopic (exact) mass is 273 g/mol. The lowest BCUT2D eigenvalue weighted by Crippen LogP contribution is -2.09. The molecule has 0 fully saturated rings. The second kappa shape index (κ2) is 6.17. The van der Waals surface area contributed by atoms with Crippen molar-refractivity contribution in [3.05, 3.63) is 29.7 Å². The van der Waals surface area contributed by atoms with E-state index in [0.29, 0.717) is 17.5 Å². The maximum Gasteiger partial charge on any atom is 0.229 e. The Morgan fingerprint density at radius 3 is 3.00 bits per heavy atom. The van der Waals surface area contributed by atoms with Gasteiger partial charge in [-0.3, -0.25) is 0 Å². The minimum atomic E-state index is -0.798.